The molecule has 0 saturated carbocycles. The summed E-state index contributed by atoms with van der Waals surface area (Å²) < 4.78 is 11.7. The minimum absolute atomic E-state index is 0.284. The Kier molecular flexibility index (Phi) is 5.22. The van der Waals surface area contributed by atoms with Crippen LogP contribution in [0.15, 0.2) is 18.5 Å². The SMILES string of the molecule is CC(CN)CS(=O)Cc1ccncc1Cl. The van der Waals surface area contributed by atoms with E-state index in [0.717, 1.165) is 5.56 Å². The Labute approximate surface area is 97.5 Å². The Morgan fingerprint density at radius 3 is 3.00 bits per heavy atom. The summed E-state index contributed by atoms with van der Waals surface area (Å²) in [6.07, 6.45) is 3.23. The van der Waals surface area contributed by atoms with Crippen LogP contribution in [0.5, 0.6) is 0 Å². The zero-order chi connectivity index (χ0) is 11.3. The molecule has 0 fully saturated rings. The Morgan fingerprint density at radius 1 is 1.67 bits per heavy atom. The maximum atomic E-state index is 11.7. The summed E-state index contributed by atoms with van der Waals surface area (Å²) >= 11 is 5.92. The molecule has 84 valence electrons. The van der Waals surface area contributed by atoms with Gasteiger partial charge in [-0.1, -0.05) is 18.5 Å². The number of hydrogen-bond donors (Lipinski definition) is 1. The third-order valence-electron chi connectivity index (χ3n) is 2.05. The molecular formula is C10H15ClN2OS. The zero-order valence-electron chi connectivity index (χ0n) is 8.65. The lowest BCUT2D eigenvalue weighted by Gasteiger charge is -2.08. The summed E-state index contributed by atoms with van der Waals surface area (Å²) in [6, 6.07) is 1.80. The van der Waals surface area contributed by atoms with Gasteiger partial charge in [0.05, 0.1) is 10.8 Å². The Morgan fingerprint density at radius 2 is 2.40 bits per heavy atom. The summed E-state index contributed by atoms with van der Waals surface area (Å²) in [7, 11) is -0.903. The summed E-state index contributed by atoms with van der Waals surface area (Å²) in [5.74, 6) is 1.38. The van der Waals surface area contributed by atoms with E-state index < -0.39 is 10.8 Å². The topological polar surface area (TPSA) is 56.0 Å². The van der Waals surface area contributed by atoms with Gasteiger partial charge in [0.1, 0.15) is 0 Å². The van der Waals surface area contributed by atoms with Gasteiger partial charge in [0, 0.05) is 28.9 Å². The van der Waals surface area contributed by atoms with Crippen molar-refractivity contribution < 1.29 is 4.21 Å². The van der Waals surface area contributed by atoms with Crippen molar-refractivity contribution >= 4 is 22.4 Å². The van der Waals surface area contributed by atoms with Crippen molar-refractivity contribution in [2.24, 2.45) is 11.7 Å². The van der Waals surface area contributed by atoms with Crippen molar-refractivity contribution in [2.75, 3.05) is 12.3 Å². The fourth-order valence-corrected chi connectivity index (χ4v) is 2.89. The summed E-state index contributed by atoms with van der Waals surface area (Å²) in [6.45, 7) is 2.56. The molecule has 0 spiro atoms. The second-order valence-electron chi connectivity index (χ2n) is 3.56. The molecule has 1 heterocycles. The number of nitrogens with two attached hydrogens (primary N) is 1. The number of halogens is 1. The van der Waals surface area contributed by atoms with Crippen LogP contribution in [0.2, 0.25) is 5.02 Å². The molecular weight excluding hydrogens is 232 g/mol. The van der Waals surface area contributed by atoms with E-state index in [2.05, 4.69) is 4.98 Å². The van der Waals surface area contributed by atoms with Crippen LogP contribution in [0.25, 0.3) is 0 Å². The summed E-state index contributed by atoms with van der Waals surface area (Å²) in [4.78, 5) is 3.88. The van der Waals surface area contributed by atoms with Crippen molar-refractivity contribution in [3.8, 4) is 0 Å². The first-order chi connectivity index (χ1) is 7.13. The van der Waals surface area contributed by atoms with Crippen molar-refractivity contribution in [2.45, 2.75) is 12.7 Å². The third kappa shape index (κ3) is 4.28. The standard InChI is InChI=1S/C10H15ClN2OS/c1-8(4-12)6-15(14)7-9-2-3-13-5-10(9)11/h2-3,5,8H,4,6-7,12H2,1H3. The number of nitrogens with zero attached hydrogens (tertiary/aromatic N) is 1. The molecule has 2 atom stereocenters. The van der Waals surface area contributed by atoms with Crippen molar-refractivity contribution in [1.29, 1.82) is 0 Å². The molecule has 0 radical (unpaired) electrons. The fourth-order valence-electron chi connectivity index (χ4n) is 1.14. The number of rotatable bonds is 5. The van der Waals surface area contributed by atoms with E-state index >= 15 is 0 Å². The molecule has 2 N–H and O–H groups in total. The largest absolute Gasteiger partial charge is 0.330 e. The second kappa shape index (κ2) is 6.20. The third-order valence-corrected chi connectivity index (χ3v) is 3.96. The van der Waals surface area contributed by atoms with Crippen molar-refractivity contribution in [1.82, 2.24) is 4.98 Å². The van der Waals surface area contributed by atoms with E-state index in [4.69, 9.17) is 17.3 Å². The highest BCUT2D eigenvalue weighted by molar-refractivity contribution is 7.84. The Bertz CT molecular complexity index is 346. The van der Waals surface area contributed by atoms with Crippen LogP contribution < -0.4 is 5.73 Å². The highest BCUT2D eigenvalue weighted by Crippen LogP contribution is 2.15. The van der Waals surface area contributed by atoms with Gasteiger partial charge >= 0.3 is 0 Å². The van der Waals surface area contributed by atoms with Crippen LogP contribution >= 0.6 is 11.6 Å². The molecule has 15 heavy (non-hydrogen) atoms. The predicted octanol–water partition coefficient (Wildman–Crippen LogP) is 1.58. The minimum Gasteiger partial charge on any atom is -0.330 e. The molecule has 0 aromatic carbocycles. The lowest BCUT2D eigenvalue weighted by molar-refractivity contribution is 0.640. The predicted molar refractivity (Wildman–Crippen MR) is 64.2 cm³/mol. The zero-order valence-corrected chi connectivity index (χ0v) is 10.2. The van der Waals surface area contributed by atoms with E-state index in [1.165, 1.54) is 0 Å². The summed E-state index contributed by atoms with van der Waals surface area (Å²) in [5, 5.41) is 0.575. The highest BCUT2D eigenvalue weighted by Gasteiger charge is 2.08. The van der Waals surface area contributed by atoms with Gasteiger partial charge in [-0.2, -0.15) is 0 Å². The monoisotopic (exact) mass is 246 g/mol. The molecule has 0 aliphatic carbocycles. The second-order valence-corrected chi connectivity index (χ2v) is 5.47. The Hall–Kier alpha value is -0.450. The van der Waals surface area contributed by atoms with E-state index in [1.54, 1.807) is 18.5 Å². The molecule has 0 aliphatic rings. The van der Waals surface area contributed by atoms with Gasteiger partial charge < -0.3 is 5.73 Å². The van der Waals surface area contributed by atoms with Gasteiger partial charge in [-0.15, -0.1) is 0 Å². The van der Waals surface area contributed by atoms with Gasteiger partial charge in [0.25, 0.3) is 0 Å². The fraction of sp³-hybridized carbons (Fsp3) is 0.500. The molecule has 2 unspecified atom stereocenters. The molecule has 0 saturated heterocycles. The van der Waals surface area contributed by atoms with E-state index in [9.17, 15) is 4.21 Å². The molecule has 0 amide bonds. The maximum Gasteiger partial charge on any atom is 0.0630 e. The van der Waals surface area contributed by atoms with Gasteiger partial charge in [0.15, 0.2) is 0 Å². The lowest BCUT2D eigenvalue weighted by Crippen LogP contribution is -2.18. The maximum absolute atomic E-state index is 11.7. The van der Waals surface area contributed by atoms with Crippen LogP contribution in [0.3, 0.4) is 0 Å². The minimum atomic E-state index is -0.903. The molecule has 0 aliphatic heterocycles. The molecule has 3 nitrogen and oxygen atoms in total. The average molecular weight is 247 g/mol. The lowest BCUT2D eigenvalue weighted by atomic mass is 10.2. The molecule has 1 aromatic rings. The molecule has 1 aromatic heterocycles. The number of pyridine rings is 1. The highest BCUT2D eigenvalue weighted by atomic mass is 35.5. The van der Waals surface area contributed by atoms with Gasteiger partial charge in [0.2, 0.25) is 0 Å². The first kappa shape index (κ1) is 12.6. The van der Waals surface area contributed by atoms with Crippen molar-refractivity contribution in [3.05, 3.63) is 29.0 Å². The Balaban J connectivity index is 2.55. The average Bonchev–Trinajstić information content (AvgIpc) is 2.21. The summed E-state index contributed by atoms with van der Waals surface area (Å²) in [5.41, 5.74) is 6.36. The van der Waals surface area contributed by atoms with Gasteiger partial charge in [-0.25, -0.2) is 0 Å². The van der Waals surface area contributed by atoms with E-state index in [-0.39, 0.29) is 5.92 Å². The number of hydrogen-bond acceptors (Lipinski definition) is 3. The first-order valence-corrected chi connectivity index (χ1v) is 6.63. The van der Waals surface area contributed by atoms with Crippen LogP contribution in [-0.2, 0) is 16.6 Å². The van der Waals surface area contributed by atoms with E-state index in [0.29, 0.717) is 23.1 Å². The molecule has 0 bridgehead atoms. The van der Waals surface area contributed by atoms with Crippen LogP contribution in [0.1, 0.15) is 12.5 Å². The van der Waals surface area contributed by atoms with Crippen LogP contribution in [-0.4, -0.2) is 21.5 Å². The van der Waals surface area contributed by atoms with Crippen LogP contribution in [0.4, 0.5) is 0 Å². The van der Waals surface area contributed by atoms with Crippen LogP contribution in [0, 0.1) is 5.92 Å². The normalized spacial score (nSPS) is 14.9. The smallest absolute Gasteiger partial charge is 0.0630 e. The first-order valence-electron chi connectivity index (χ1n) is 4.77. The number of aromatic nitrogens is 1. The quantitative estimate of drug-likeness (QED) is 0.858. The van der Waals surface area contributed by atoms with Gasteiger partial charge in [-0.05, 0) is 24.1 Å². The molecule has 5 heteroatoms. The van der Waals surface area contributed by atoms with Crippen molar-refractivity contribution in [3.63, 3.8) is 0 Å². The van der Waals surface area contributed by atoms with E-state index in [1.807, 2.05) is 6.92 Å². The van der Waals surface area contributed by atoms with Gasteiger partial charge in [-0.3, -0.25) is 9.19 Å². The molecule has 1 rings (SSSR count).